The lowest BCUT2D eigenvalue weighted by Gasteiger charge is -2.37. The Morgan fingerprint density at radius 2 is 1.95 bits per heavy atom. The Hall–Kier alpha value is -1.36. The number of carbonyl (C=O) groups is 2. The summed E-state index contributed by atoms with van der Waals surface area (Å²) in [6, 6.07) is 0.234. The Kier molecular flexibility index (Phi) is 4.58. The monoisotopic (exact) mass is 266 g/mol. The molecule has 0 atom stereocenters. The number of carbonyl (C=O) groups excluding carboxylic acids is 2. The first-order chi connectivity index (χ1) is 9.13. The van der Waals surface area contributed by atoms with Crippen LogP contribution in [0.25, 0.3) is 0 Å². The van der Waals surface area contributed by atoms with Gasteiger partial charge in [-0.05, 0) is 37.7 Å². The Morgan fingerprint density at radius 3 is 2.47 bits per heavy atom. The van der Waals surface area contributed by atoms with Gasteiger partial charge in [0.05, 0.1) is 0 Å². The van der Waals surface area contributed by atoms with E-state index in [-0.39, 0.29) is 30.4 Å². The Bertz CT molecular complexity index is 356. The van der Waals surface area contributed by atoms with Crippen LogP contribution in [0.3, 0.4) is 0 Å². The number of aliphatic hydroxyl groups excluding tert-OH is 1. The zero-order valence-electron chi connectivity index (χ0n) is 11.2. The van der Waals surface area contributed by atoms with Gasteiger partial charge in [0.2, 0.25) is 11.8 Å². The second-order valence-electron chi connectivity index (χ2n) is 5.53. The van der Waals surface area contributed by atoms with Gasteiger partial charge in [-0.1, -0.05) is 6.58 Å². The number of hydrogen-bond acceptors (Lipinski definition) is 3. The maximum Gasteiger partial charge on any atom is 0.245 e. The molecule has 1 aliphatic carbocycles. The van der Waals surface area contributed by atoms with Gasteiger partial charge in [-0.15, -0.1) is 0 Å². The number of piperidine rings is 1. The van der Waals surface area contributed by atoms with Crippen molar-refractivity contribution in [3.63, 3.8) is 0 Å². The van der Waals surface area contributed by atoms with Crippen LogP contribution in [0.4, 0.5) is 0 Å². The van der Waals surface area contributed by atoms with Gasteiger partial charge in [0.1, 0.15) is 0 Å². The fourth-order valence-corrected chi connectivity index (χ4v) is 2.81. The van der Waals surface area contributed by atoms with Crippen LogP contribution in [-0.4, -0.2) is 47.6 Å². The molecular weight excluding hydrogens is 244 g/mol. The van der Waals surface area contributed by atoms with E-state index in [1.807, 2.05) is 0 Å². The van der Waals surface area contributed by atoms with Crippen molar-refractivity contribution in [1.29, 1.82) is 0 Å². The number of nitrogens with zero attached hydrogens (tertiary/aromatic N) is 1. The number of amides is 2. The number of rotatable bonds is 4. The Balaban J connectivity index is 1.71. The average molecular weight is 266 g/mol. The summed E-state index contributed by atoms with van der Waals surface area (Å²) in [5.74, 6) is 0.426. The SMILES string of the molecule is C=CC(=O)N1CCC(C(=O)NC2CC(CO)C2)CC1. The number of aliphatic hydroxyl groups is 1. The van der Waals surface area contributed by atoms with Gasteiger partial charge < -0.3 is 15.3 Å². The van der Waals surface area contributed by atoms with Crippen LogP contribution in [0.15, 0.2) is 12.7 Å². The third-order valence-electron chi connectivity index (χ3n) is 4.19. The highest BCUT2D eigenvalue weighted by Crippen LogP contribution is 2.27. The van der Waals surface area contributed by atoms with Crippen molar-refractivity contribution >= 4 is 11.8 Å². The molecule has 19 heavy (non-hydrogen) atoms. The number of likely N-dealkylation sites (tertiary alicyclic amines) is 1. The van der Waals surface area contributed by atoms with E-state index < -0.39 is 0 Å². The third-order valence-corrected chi connectivity index (χ3v) is 4.19. The summed E-state index contributed by atoms with van der Waals surface area (Å²) in [5, 5.41) is 12.0. The molecule has 0 aromatic heterocycles. The van der Waals surface area contributed by atoms with Crippen molar-refractivity contribution < 1.29 is 14.7 Å². The summed E-state index contributed by atoms with van der Waals surface area (Å²) in [6.45, 7) is 4.95. The highest BCUT2D eigenvalue weighted by molar-refractivity contribution is 5.87. The van der Waals surface area contributed by atoms with E-state index in [9.17, 15) is 9.59 Å². The Morgan fingerprint density at radius 1 is 1.32 bits per heavy atom. The van der Waals surface area contributed by atoms with E-state index in [0.717, 1.165) is 25.7 Å². The molecule has 2 fully saturated rings. The van der Waals surface area contributed by atoms with Gasteiger partial charge in [0.25, 0.3) is 0 Å². The van der Waals surface area contributed by atoms with E-state index in [1.165, 1.54) is 6.08 Å². The van der Waals surface area contributed by atoms with Crippen molar-refractivity contribution in [2.24, 2.45) is 11.8 Å². The fraction of sp³-hybridized carbons (Fsp3) is 0.714. The van der Waals surface area contributed by atoms with Crippen LogP contribution in [0.2, 0.25) is 0 Å². The third kappa shape index (κ3) is 3.35. The summed E-state index contributed by atoms with van der Waals surface area (Å²) in [4.78, 5) is 25.2. The smallest absolute Gasteiger partial charge is 0.245 e. The molecule has 2 amide bonds. The van der Waals surface area contributed by atoms with Gasteiger partial charge in [-0.25, -0.2) is 0 Å². The number of hydrogen-bond donors (Lipinski definition) is 2. The predicted octanol–water partition coefficient (Wildman–Crippen LogP) is 0.298. The topological polar surface area (TPSA) is 69.6 Å². The van der Waals surface area contributed by atoms with E-state index >= 15 is 0 Å². The minimum absolute atomic E-state index is 0.0158. The first-order valence-electron chi connectivity index (χ1n) is 6.96. The molecule has 2 rings (SSSR count). The minimum atomic E-state index is -0.0522. The van der Waals surface area contributed by atoms with E-state index in [2.05, 4.69) is 11.9 Å². The Labute approximate surface area is 113 Å². The second-order valence-corrected chi connectivity index (χ2v) is 5.53. The molecule has 5 heteroatoms. The molecule has 1 aliphatic heterocycles. The molecule has 1 heterocycles. The van der Waals surface area contributed by atoms with Crippen molar-refractivity contribution in [1.82, 2.24) is 10.2 Å². The lowest BCUT2D eigenvalue weighted by atomic mass is 9.80. The standard InChI is InChI=1S/C14H22N2O3/c1-2-13(18)16-5-3-11(4-6-16)14(19)15-12-7-10(8-12)9-17/h2,10-12,17H,1,3-9H2,(H,15,19). The minimum Gasteiger partial charge on any atom is -0.396 e. The molecule has 0 bridgehead atoms. The summed E-state index contributed by atoms with van der Waals surface area (Å²) in [6.07, 6.45) is 4.54. The van der Waals surface area contributed by atoms with Crippen molar-refractivity contribution in [2.45, 2.75) is 31.7 Å². The molecule has 2 aliphatic rings. The van der Waals surface area contributed by atoms with Gasteiger partial charge >= 0.3 is 0 Å². The summed E-state index contributed by atoms with van der Waals surface area (Å²) in [7, 11) is 0. The first-order valence-corrected chi connectivity index (χ1v) is 6.96. The van der Waals surface area contributed by atoms with Crippen molar-refractivity contribution in [3.8, 4) is 0 Å². The van der Waals surface area contributed by atoms with Gasteiger partial charge in [0.15, 0.2) is 0 Å². The number of nitrogens with one attached hydrogen (secondary N) is 1. The van der Waals surface area contributed by atoms with Crippen molar-refractivity contribution in [2.75, 3.05) is 19.7 Å². The summed E-state index contributed by atoms with van der Waals surface area (Å²) >= 11 is 0. The molecule has 0 spiro atoms. The van der Waals surface area contributed by atoms with E-state index in [4.69, 9.17) is 5.11 Å². The second kappa shape index (κ2) is 6.19. The quantitative estimate of drug-likeness (QED) is 0.719. The normalized spacial score (nSPS) is 27.5. The fourth-order valence-electron chi connectivity index (χ4n) is 2.81. The summed E-state index contributed by atoms with van der Waals surface area (Å²) < 4.78 is 0. The van der Waals surface area contributed by atoms with E-state index in [0.29, 0.717) is 19.0 Å². The molecule has 106 valence electrons. The van der Waals surface area contributed by atoms with E-state index in [1.54, 1.807) is 4.90 Å². The average Bonchev–Trinajstić information content (AvgIpc) is 2.41. The molecule has 1 saturated carbocycles. The maximum atomic E-state index is 12.0. The van der Waals surface area contributed by atoms with Crippen LogP contribution >= 0.6 is 0 Å². The zero-order valence-corrected chi connectivity index (χ0v) is 11.2. The molecule has 0 radical (unpaired) electrons. The summed E-state index contributed by atoms with van der Waals surface area (Å²) in [5.41, 5.74) is 0. The molecule has 1 saturated heterocycles. The predicted molar refractivity (Wildman–Crippen MR) is 71.2 cm³/mol. The molecule has 0 unspecified atom stereocenters. The highest BCUT2D eigenvalue weighted by atomic mass is 16.3. The molecule has 2 N–H and O–H groups in total. The maximum absolute atomic E-state index is 12.0. The molecule has 0 aromatic carbocycles. The molecule has 0 aromatic rings. The molecular formula is C14H22N2O3. The lowest BCUT2D eigenvalue weighted by molar-refractivity contribution is -0.133. The van der Waals surface area contributed by atoms with Crippen molar-refractivity contribution in [3.05, 3.63) is 12.7 Å². The van der Waals surface area contributed by atoms with Gasteiger partial charge in [0, 0.05) is 31.7 Å². The van der Waals surface area contributed by atoms with Crippen LogP contribution in [0.1, 0.15) is 25.7 Å². The van der Waals surface area contributed by atoms with Gasteiger partial charge in [-0.3, -0.25) is 9.59 Å². The lowest BCUT2D eigenvalue weighted by Crippen LogP contribution is -2.49. The first kappa shape index (κ1) is 14.1. The van der Waals surface area contributed by atoms with Crippen LogP contribution in [-0.2, 0) is 9.59 Å². The van der Waals surface area contributed by atoms with Gasteiger partial charge in [-0.2, -0.15) is 0 Å². The zero-order chi connectivity index (χ0) is 13.8. The highest BCUT2D eigenvalue weighted by Gasteiger charge is 2.32. The van der Waals surface area contributed by atoms with Crippen LogP contribution in [0.5, 0.6) is 0 Å². The van der Waals surface area contributed by atoms with Crippen LogP contribution < -0.4 is 5.32 Å². The molecule has 5 nitrogen and oxygen atoms in total. The largest absolute Gasteiger partial charge is 0.396 e. The van der Waals surface area contributed by atoms with Crippen LogP contribution in [0, 0.1) is 11.8 Å².